The van der Waals surface area contributed by atoms with Gasteiger partial charge in [-0.3, -0.25) is 4.79 Å². The molecule has 1 N–H and O–H groups in total. The van der Waals surface area contributed by atoms with Crippen LogP contribution in [0.25, 0.3) is 5.69 Å². The van der Waals surface area contributed by atoms with Crippen LogP contribution in [0.4, 0.5) is 14.5 Å². The first kappa shape index (κ1) is 16.6. The Hall–Kier alpha value is -3.24. The minimum Gasteiger partial charge on any atom is -0.319 e. The number of nitriles is 1. The molecule has 0 aliphatic heterocycles. The van der Waals surface area contributed by atoms with Crippen molar-refractivity contribution < 1.29 is 13.6 Å². The maximum atomic E-state index is 13.9. The lowest BCUT2D eigenvalue weighted by Crippen LogP contribution is -2.16. The van der Waals surface area contributed by atoms with Gasteiger partial charge in [0.2, 0.25) is 0 Å². The third-order valence-corrected chi connectivity index (χ3v) is 3.66. The fourth-order valence-corrected chi connectivity index (χ4v) is 2.43. The zero-order valence-corrected chi connectivity index (χ0v) is 13.3. The van der Waals surface area contributed by atoms with Crippen molar-refractivity contribution in [3.8, 4) is 11.8 Å². The van der Waals surface area contributed by atoms with Gasteiger partial charge in [0.25, 0.3) is 5.91 Å². The molecule has 124 valence electrons. The molecule has 8 heteroatoms. The number of nitrogens with zero attached hydrogens (tertiary/aromatic N) is 3. The van der Waals surface area contributed by atoms with E-state index >= 15 is 0 Å². The molecule has 0 aliphatic rings. The molecule has 0 bridgehead atoms. The van der Waals surface area contributed by atoms with E-state index in [4.69, 9.17) is 16.9 Å². The van der Waals surface area contributed by atoms with Crippen molar-refractivity contribution in [2.24, 2.45) is 0 Å². The van der Waals surface area contributed by atoms with E-state index in [0.717, 1.165) is 12.1 Å². The summed E-state index contributed by atoms with van der Waals surface area (Å²) >= 11 is 6.07. The van der Waals surface area contributed by atoms with Crippen molar-refractivity contribution in [3.05, 3.63) is 76.6 Å². The summed E-state index contributed by atoms with van der Waals surface area (Å²) in [6.45, 7) is 0. The first-order chi connectivity index (χ1) is 12.0. The first-order valence-electron chi connectivity index (χ1n) is 6.99. The van der Waals surface area contributed by atoms with E-state index in [1.54, 1.807) is 30.3 Å². The Morgan fingerprint density at radius 1 is 1.24 bits per heavy atom. The molecule has 0 unspecified atom stereocenters. The number of nitrogens with one attached hydrogen (secondary N) is 1. The van der Waals surface area contributed by atoms with Gasteiger partial charge >= 0.3 is 0 Å². The average molecular weight is 359 g/mol. The molecule has 0 saturated heterocycles. The van der Waals surface area contributed by atoms with Gasteiger partial charge in [-0.2, -0.15) is 10.4 Å². The third-order valence-electron chi connectivity index (χ3n) is 3.34. The average Bonchev–Trinajstić information content (AvgIpc) is 3.02. The van der Waals surface area contributed by atoms with Crippen molar-refractivity contribution in [2.45, 2.75) is 0 Å². The van der Waals surface area contributed by atoms with Crippen LogP contribution in [0.5, 0.6) is 0 Å². The quantitative estimate of drug-likeness (QED) is 0.771. The summed E-state index contributed by atoms with van der Waals surface area (Å²) in [6, 6.07) is 10.1. The van der Waals surface area contributed by atoms with Gasteiger partial charge in [-0.25, -0.2) is 13.5 Å². The monoisotopic (exact) mass is 358 g/mol. The fraction of sp³-hybridized carbons (Fsp3) is 0. The molecular weight excluding hydrogens is 350 g/mol. The Balaban J connectivity index is 1.86. The van der Waals surface area contributed by atoms with E-state index in [1.807, 2.05) is 0 Å². The molecular formula is C17H9ClF2N4O. The van der Waals surface area contributed by atoms with Crippen molar-refractivity contribution in [1.29, 1.82) is 5.26 Å². The van der Waals surface area contributed by atoms with Crippen molar-refractivity contribution in [2.75, 3.05) is 5.32 Å². The minimum absolute atomic E-state index is 0.210. The number of hydrogen-bond donors (Lipinski definition) is 1. The summed E-state index contributed by atoms with van der Waals surface area (Å²) in [5.41, 5.74) is -0.170. The molecule has 0 spiro atoms. The standard InChI is InChI=1S/C17H9ClF2N4O/c18-12-3-1-2-4-15(12)24-9-11(8-22-24)23-17(25)16-13(19)5-10(7-21)6-14(16)20/h1-6,8-9H,(H,23,25). The highest BCUT2D eigenvalue weighted by molar-refractivity contribution is 6.32. The van der Waals surface area contributed by atoms with Crippen LogP contribution in [0.1, 0.15) is 15.9 Å². The molecule has 0 fully saturated rings. The van der Waals surface area contributed by atoms with E-state index in [-0.39, 0.29) is 11.3 Å². The van der Waals surface area contributed by atoms with Crippen LogP contribution in [0.2, 0.25) is 5.02 Å². The predicted molar refractivity (Wildman–Crippen MR) is 87.6 cm³/mol. The van der Waals surface area contributed by atoms with E-state index in [1.165, 1.54) is 17.1 Å². The summed E-state index contributed by atoms with van der Waals surface area (Å²) in [5, 5.41) is 15.5. The smallest absolute Gasteiger partial charge is 0.261 e. The van der Waals surface area contributed by atoms with Crippen LogP contribution in [-0.4, -0.2) is 15.7 Å². The lowest BCUT2D eigenvalue weighted by molar-refractivity contribution is 0.101. The molecule has 3 aromatic rings. The Kier molecular flexibility index (Phi) is 4.46. The summed E-state index contributed by atoms with van der Waals surface area (Å²) in [6.07, 6.45) is 2.78. The molecule has 1 amide bonds. The van der Waals surface area contributed by atoms with Gasteiger partial charge in [0.1, 0.15) is 17.2 Å². The van der Waals surface area contributed by atoms with E-state index in [0.29, 0.717) is 10.7 Å². The number of aromatic nitrogens is 2. The highest BCUT2D eigenvalue weighted by atomic mass is 35.5. The summed E-state index contributed by atoms with van der Waals surface area (Å²) in [5.74, 6) is -3.22. The number of amides is 1. The van der Waals surface area contributed by atoms with E-state index in [2.05, 4.69) is 10.4 Å². The van der Waals surface area contributed by atoms with Crippen LogP contribution in [0.15, 0.2) is 48.8 Å². The van der Waals surface area contributed by atoms with Crippen molar-refractivity contribution in [1.82, 2.24) is 9.78 Å². The van der Waals surface area contributed by atoms with Crippen LogP contribution in [-0.2, 0) is 0 Å². The first-order valence-corrected chi connectivity index (χ1v) is 7.37. The van der Waals surface area contributed by atoms with Crippen LogP contribution in [0.3, 0.4) is 0 Å². The Morgan fingerprint density at radius 3 is 2.56 bits per heavy atom. The van der Waals surface area contributed by atoms with Gasteiger partial charge in [-0.15, -0.1) is 0 Å². The third kappa shape index (κ3) is 3.34. The molecule has 1 aromatic heterocycles. The van der Waals surface area contributed by atoms with Gasteiger partial charge in [-0.1, -0.05) is 23.7 Å². The molecule has 0 radical (unpaired) electrons. The maximum Gasteiger partial charge on any atom is 0.261 e. The van der Waals surface area contributed by atoms with Gasteiger partial charge in [0, 0.05) is 0 Å². The van der Waals surface area contributed by atoms with Crippen LogP contribution in [0, 0.1) is 23.0 Å². The number of carbonyl (C=O) groups is 1. The molecule has 3 rings (SSSR count). The normalized spacial score (nSPS) is 10.3. The molecule has 0 saturated carbocycles. The van der Waals surface area contributed by atoms with Gasteiger partial charge < -0.3 is 5.32 Å². The molecule has 0 aliphatic carbocycles. The van der Waals surface area contributed by atoms with Crippen molar-refractivity contribution >= 4 is 23.2 Å². The molecule has 2 aromatic carbocycles. The maximum absolute atomic E-state index is 13.9. The highest BCUT2D eigenvalue weighted by Crippen LogP contribution is 2.21. The molecule has 0 atom stereocenters. The lowest BCUT2D eigenvalue weighted by atomic mass is 10.1. The van der Waals surface area contributed by atoms with Crippen LogP contribution >= 0.6 is 11.6 Å². The fourth-order valence-electron chi connectivity index (χ4n) is 2.20. The van der Waals surface area contributed by atoms with E-state index in [9.17, 15) is 13.6 Å². The zero-order valence-electron chi connectivity index (χ0n) is 12.5. The number of anilines is 1. The zero-order chi connectivity index (χ0) is 18.0. The lowest BCUT2D eigenvalue weighted by Gasteiger charge is -2.06. The summed E-state index contributed by atoms with van der Waals surface area (Å²) in [4.78, 5) is 12.1. The second-order valence-corrected chi connectivity index (χ2v) is 5.41. The number of rotatable bonds is 3. The number of carbonyl (C=O) groups excluding carboxylic acids is 1. The van der Waals surface area contributed by atoms with Crippen molar-refractivity contribution in [3.63, 3.8) is 0 Å². The number of benzene rings is 2. The predicted octanol–water partition coefficient (Wildman–Crippen LogP) is 3.93. The Morgan fingerprint density at radius 2 is 1.92 bits per heavy atom. The van der Waals surface area contributed by atoms with Gasteiger partial charge in [0.05, 0.1) is 40.4 Å². The highest BCUT2D eigenvalue weighted by Gasteiger charge is 2.19. The number of hydrogen-bond acceptors (Lipinski definition) is 3. The van der Waals surface area contributed by atoms with Gasteiger partial charge in [0.15, 0.2) is 0 Å². The minimum atomic E-state index is -1.12. The summed E-state index contributed by atoms with van der Waals surface area (Å²) < 4.78 is 29.2. The van der Waals surface area contributed by atoms with Gasteiger partial charge in [-0.05, 0) is 24.3 Å². The molecule has 25 heavy (non-hydrogen) atoms. The molecule has 5 nitrogen and oxygen atoms in total. The second kappa shape index (κ2) is 6.71. The SMILES string of the molecule is N#Cc1cc(F)c(C(=O)Nc2cnn(-c3ccccc3Cl)c2)c(F)c1. The summed E-state index contributed by atoms with van der Waals surface area (Å²) in [7, 11) is 0. The number of halogens is 3. The van der Waals surface area contributed by atoms with Crippen LogP contribution < -0.4 is 5.32 Å². The van der Waals surface area contributed by atoms with E-state index < -0.39 is 23.1 Å². The Bertz CT molecular complexity index is 987. The molecule has 1 heterocycles. The second-order valence-electron chi connectivity index (χ2n) is 5.01. The topological polar surface area (TPSA) is 70.7 Å². The Labute approximate surface area is 146 Å². The number of para-hydroxylation sites is 1. The largest absolute Gasteiger partial charge is 0.319 e.